The van der Waals surface area contributed by atoms with Crippen LogP contribution in [-0.2, 0) is 19.1 Å². The molecule has 2 atom stereocenters. The third-order valence-electron chi connectivity index (χ3n) is 9.68. The molecule has 0 aromatic heterocycles. The lowest BCUT2D eigenvalue weighted by Gasteiger charge is -2.18. The van der Waals surface area contributed by atoms with Gasteiger partial charge in [-0.15, -0.1) is 0 Å². The van der Waals surface area contributed by atoms with Gasteiger partial charge in [0.2, 0.25) is 5.91 Å². The van der Waals surface area contributed by atoms with Crippen LogP contribution in [0.15, 0.2) is 36.5 Å². The molecule has 0 fully saturated rings. The van der Waals surface area contributed by atoms with Crippen molar-refractivity contribution in [2.75, 3.05) is 6.54 Å². The number of aliphatic carboxylic acids is 1. The maximum atomic E-state index is 12.8. The minimum absolute atomic E-state index is 0.0121. The monoisotopic (exact) mass is 731 g/mol. The summed E-state index contributed by atoms with van der Waals surface area (Å²) in [6.07, 6.45) is 46.1. The Balaban J connectivity index is 4.40. The van der Waals surface area contributed by atoms with E-state index < -0.39 is 12.0 Å². The van der Waals surface area contributed by atoms with Crippen LogP contribution in [0, 0.1) is 0 Å². The average Bonchev–Trinajstić information content (AvgIpc) is 3.13. The van der Waals surface area contributed by atoms with Gasteiger partial charge in [-0.3, -0.25) is 9.59 Å². The van der Waals surface area contributed by atoms with E-state index in [1.807, 2.05) is 0 Å². The second kappa shape index (κ2) is 39.8. The van der Waals surface area contributed by atoms with E-state index in [0.717, 1.165) is 83.5 Å². The molecule has 0 aliphatic heterocycles. The number of esters is 1. The number of nitrogens with two attached hydrogens (primary N) is 1. The van der Waals surface area contributed by atoms with E-state index in [1.54, 1.807) is 0 Å². The molecule has 0 aromatic carbocycles. The molecule has 0 heterocycles. The van der Waals surface area contributed by atoms with Crippen molar-refractivity contribution in [3.63, 3.8) is 0 Å². The predicted molar refractivity (Wildman–Crippen MR) is 220 cm³/mol. The molecule has 0 aromatic rings. The van der Waals surface area contributed by atoms with Crippen molar-refractivity contribution < 1.29 is 24.2 Å². The number of hydrogen-bond donors (Lipinski definition) is 3. The minimum atomic E-state index is -1.01. The highest BCUT2D eigenvalue weighted by molar-refractivity contribution is 5.83. The number of carboxylic acids is 1. The fourth-order valence-corrected chi connectivity index (χ4v) is 6.34. The summed E-state index contributed by atoms with van der Waals surface area (Å²) in [7, 11) is 0. The van der Waals surface area contributed by atoms with E-state index in [9.17, 15) is 19.5 Å². The second-order valence-corrected chi connectivity index (χ2v) is 14.7. The molecule has 0 aliphatic carbocycles. The molecule has 0 bridgehead atoms. The number of allylic oxidation sites excluding steroid dienone is 6. The first-order valence-electron chi connectivity index (χ1n) is 21.8. The Labute approximate surface area is 320 Å². The van der Waals surface area contributed by atoms with Gasteiger partial charge in [-0.2, -0.15) is 0 Å². The van der Waals surface area contributed by atoms with Gasteiger partial charge in [0.1, 0.15) is 12.1 Å². The van der Waals surface area contributed by atoms with Crippen LogP contribution in [0.2, 0.25) is 0 Å². The first-order chi connectivity index (χ1) is 25.4. The zero-order valence-corrected chi connectivity index (χ0v) is 33.9. The first kappa shape index (κ1) is 49.6. The molecule has 1 amide bonds. The Morgan fingerprint density at radius 1 is 0.558 bits per heavy atom. The largest absolute Gasteiger partial charge is 0.480 e. The summed E-state index contributed by atoms with van der Waals surface area (Å²) in [4.78, 5) is 36.3. The highest BCUT2D eigenvalue weighted by atomic mass is 16.5. The molecule has 2 unspecified atom stereocenters. The second-order valence-electron chi connectivity index (χ2n) is 14.7. The van der Waals surface area contributed by atoms with Crippen molar-refractivity contribution in [3.8, 4) is 0 Å². The Bertz CT molecular complexity index is 915. The smallest absolute Gasteiger partial charge is 0.326 e. The van der Waals surface area contributed by atoms with E-state index in [0.29, 0.717) is 32.2 Å². The molecule has 52 heavy (non-hydrogen) atoms. The molecule has 7 nitrogen and oxygen atoms in total. The van der Waals surface area contributed by atoms with Gasteiger partial charge in [0.25, 0.3) is 0 Å². The molecule has 0 saturated carbocycles. The highest BCUT2D eigenvalue weighted by Gasteiger charge is 2.19. The van der Waals surface area contributed by atoms with E-state index >= 15 is 0 Å². The van der Waals surface area contributed by atoms with Crippen molar-refractivity contribution in [2.45, 2.75) is 225 Å². The molecule has 0 saturated heterocycles. The van der Waals surface area contributed by atoms with Crippen LogP contribution in [0.4, 0.5) is 0 Å². The summed E-state index contributed by atoms with van der Waals surface area (Å²) < 4.78 is 6.03. The molecule has 0 aliphatic rings. The number of carbonyl (C=O) groups is 3. The van der Waals surface area contributed by atoms with Gasteiger partial charge in [0, 0.05) is 12.8 Å². The van der Waals surface area contributed by atoms with Crippen LogP contribution in [0.3, 0.4) is 0 Å². The molecule has 7 heteroatoms. The van der Waals surface area contributed by atoms with E-state index in [-0.39, 0.29) is 18.0 Å². The number of carbonyl (C=O) groups excluding carboxylic acids is 2. The molecule has 4 N–H and O–H groups in total. The van der Waals surface area contributed by atoms with Crippen LogP contribution in [0.1, 0.15) is 213 Å². The van der Waals surface area contributed by atoms with E-state index in [1.165, 1.54) is 89.9 Å². The Morgan fingerprint density at radius 3 is 1.58 bits per heavy atom. The van der Waals surface area contributed by atoms with Crippen LogP contribution < -0.4 is 11.1 Å². The summed E-state index contributed by atoms with van der Waals surface area (Å²) in [5.41, 5.74) is 5.48. The van der Waals surface area contributed by atoms with Gasteiger partial charge in [-0.25, -0.2) is 4.79 Å². The third-order valence-corrected chi connectivity index (χ3v) is 9.68. The lowest BCUT2D eigenvalue weighted by molar-refractivity contribution is -0.150. The van der Waals surface area contributed by atoms with E-state index in [4.69, 9.17) is 10.5 Å². The molecular formula is C45H82N2O5. The van der Waals surface area contributed by atoms with Crippen molar-refractivity contribution in [2.24, 2.45) is 5.73 Å². The van der Waals surface area contributed by atoms with Crippen molar-refractivity contribution in [1.82, 2.24) is 5.32 Å². The molecule has 0 spiro atoms. The number of nitrogens with one attached hydrogen (secondary N) is 1. The fourth-order valence-electron chi connectivity index (χ4n) is 6.34. The fraction of sp³-hybridized carbons (Fsp3) is 0.800. The number of rotatable bonds is 39. The summed E-state index contributed by atoms with van der Waals surface area (Å²) >= 11 is 0. The van der Waals surface area contributed by atoms with Gasteiger partial charge in [-0.1, -0.05) is 134 Å². The van der Waals surface area contributed by atoms with Gasteiger partial charge in [-0.05, 0) is 109 Å². The van der Waals surface area contributed by atoms with Crippen molar-refractivity contribution in [3.05, 3.63) is 36.5 Å². The lowest BCUT2D eigenvalue weighted by atomic mass is 10.0. The predicted octanol–water partition coefficient (Wildman–Crippen LogP) is 12.2. The zero-order chi connectivity index (χ0) is 38.2. The Morgan fingerprint density at radius 2 is 1.02 bits per heavy atom. The van der Waals surface area contributed by atoms with Crippen LogP contribution in [0.5, 0.6) is 0 Å². The van der Waals surface area contributed by atoms with E-state index in [2.05, 4.69) is 55.6 Å². The molecule has 0 radical (unpaired) electrons. The number of ether oxygens (including phenoxy) is 1. The van der Waals surface area contributed by atoms with Crippen molar-refractivity contribution in [1.29, 1.82) is 0 Å². The minimum Gasteiger partial charge on any atom is -0.480 e. The normalized spacial score (nSPS) is 13.0. The standard InChI is InChI=1S/C45H82N2O5/c1-3-5-7-9-11-13-15-16-17-18-20-21-23-26-30-35-41(52-44(49)39-33-29-24-22-19-14-12-10-8-6-4-2)36-31-27-25-28-32-38-43(48)47-42(45(50)51)37-34-40-46/h10,12,15-16,18,20,41-42H,3-9,11,13-14,17,19,21-40,46H2,1-2H3,(H,47,48)(H,50,51)/b12-10-,16-15-,20-18-. The Hall–Kier alpha value is -2.41. The summed E-state index contributed by atoms with van der Waals surface area (Å²) in [5.74, 6) is -1.26. The van der Waals surface area contributed by atoms with Gasteiger partial charge in [0.05, 0.1) is 0 Å². The highest BCUT2D eigenvalue weighted by Crippen LogP contribution is 2.18. The lowest BCUT2D eigenvalue weighted by Crippen LogP contribution is -2.40. The maximum Gasteiger partial charge on any atom is 0.326 e. The summed E-state index contributed by atoms with van der Waals surface area (Å²) in [6.45, 7) is 4.90. The Kier molecular flexibility index (Phi) is 37.9. The summed E-state index contributed by atoms with van der Waals surface area (Å²) in [5, 5.41) is 11.9. The maximum absolute atomic E-state index is 12.8. The number of hydrogen-bond acceptors (Lipinski definition) is 5. The SMILES string of the molecule is CCCC/C=C\CCCCCCCC(=O)OC(CCCCC/C=C\C/C=C\CCCCCCC)CCCCCCCC(=O)NC(CCCN)C(=O)O. The van der Waals surface area contributed by atoms with Crippen molar-refractivity contribution >= 4 is 17.8 Å². The zero-order valence-electron chi connectivity index (χ0n) is 33.9. The molecule has 0 rings (SSSR count). The summed E-state index contributed by atoms with van der Waals surface area (Å²) in [6, 6.07) is -0.860. The third kappa shape index (κ3) is 36.0. The van der Waals surface area contributed by atoms with Gasteiger partial charge >= 0.3 is 11.9 Å². The first-order valence-corrected chi connectivity index (χ1v) is 21.8. The van der Waals surface area contributed by atoms with Crippen LogP contribution in [0.25, 0.3) is 0 Å². The molecule has 302 valence electrons. The average molecular weight is 731 g/mol. The molecular weight excluding hydrogens is 649 g/mol. The van der Waals surface area contributed by atoms with Crippen LogP contribution >= 0.6 is 0 Å². The number of amides is 1. The number of unbranched alkanes of at least 4 members (excludes halogenated alkanes) is 19. The van der Waals surface area contributed by atoms with Gasteiger partial charge in [0.15, 0.2) is 0 Å². The van der Waals surface area contributed by atoms with Gasteiger partial charge < -0.3 is 20.9 Å². The quantitative estimate of drug-likeness (QED) is 0.0329. The van der Waals surface area contributed by atoms with Crippen LogP contribution in [-0.4, -0.2) is 41.6 Å². The number of carboxylic acid groups (broad SMARTS) is 1. The topological polar surface area (TPSA) is 119 Å².